The molecule has 1 aromatic heterocycles. The first-order chi connectivity index (χ1) is 7.60. The maximum Gasteiger partial charge on any atom is 0.0789 e. The van der Waals surface area contributed by atoms with Crippen LogP contribution in [0.5, 0.6) is 0 Å². The summed E-state index contributed by atoms with van der Waals surface area (Å²) in [6.07, 6.45) is 2.08. The lowest BCUT2D eigenvalue weighted by molar-refractivity contribution is 0.0347. The number of nitrogens with one attached hydrogen (secondary N) is 1. The van der Waals surface area contributed by atoms with E-state index in [4.69, 9.17) is 4.74 Å². The highest BCUT2D eigenvalue weighted by molar-refractivity contribution is 5.18. The predicted molar refractivity (Wildman–Crippen MR) is 66.4 cm³/mol. The van der Waals surface area contributed by atoms with E-state index in [1.807, 2.05) is 26.2 Å². The Morgan fingerprint density at radius 2 is 2.00 bits per heavy atom. The van der Waals surface area contributed by atoms with Gasteiger partial charge in [-0.25, -0.2) is 0 Å². The second-order valence-electron chi connectivity index (χ2n) is 4.44. The fourth-order valence-electron chi connectivity index (χ4n) is 1.98. The van der Waals surface area contributed by atoms with E-state index < -0.39 is 0 Å². The van der Waals surface area contributed by atoms with Crippen molar-refractivity contribution in [2.24, 2.45) is 5.92 Å². The highest BCUT2D eigenvalue weighted by Gasteiger charge is 2.24. The summed E-state index contributed by atoms with van der Waals surface area (Å²) in [7, 11) is 3.72. The Morgan fingerprint density at radius 1 is 1.31 bits per heavy atom. The summed E-state index contributed by atoms with van der Waals surface area (Å²) in [6, 6.07) is 4.34. The van der Waals surface area contributed by atoms with Gasteiger partial charge in [0.1, 0.15) is 0 Å². The molecule has 16 heavy (non-hydrogen) atoms. The molecule has 3 nitrogen and oxygen atoms in total. The number of aryl methyl sites for hydroxylation is 1. The molecule has 3 heteroatoms. The Hall–Kier alpha value is -0.930. The zero-order valence-electron chi connectivity index (χ0n) is 10.8. The lowest BCUT2D eigenvalue weighted by atomic mass is 9.94. The van der Waals surface area contributed by atoms with Gasteiger partial charge in [-0.1, -0.05) is 19.9 Å². The van der Waals surface area contributed by atoms with Gasteiger partial charge in [0.15, 0.2) is 0 Å². The number of hydrogen-bond donors (Lipinski definition) is 1. The second kappa shape index (κ2) is 5.97. The lowest BCUT2D eigenvalue weighted by Gasteiger charge is -2.28. The van der Waals surface area contributed by atoms with Crippen LogP contribution in [-0.4, -0.2) is 25.2 Å². The number of methoxy groups -OCH3 is 1. The molecule has 1 aromatic rings. The highest BCUT2D eigenvalue weighted by Crippen LogP contribution is 2.23. The SMILES string of the molecule is CNC(c1ccc(C)nc1)C(OC)C(C)C. The molecule has 0 fully saturated rings. The average molecular weight is 222 g/mol. The number of pyridine rings is 1. The Balaban J connectivity index is 2.92. The fraction of sp³-hybridized carbons (Fsp3) is 0.615. The molecule has 1 N–H and O–H groups in total. The Kier molecular flexibility index (Phi) is 4.90. The third-order valence-corrected chi connectivity index (χ3v) is 2.86. The van der Waals surface area contributed by atoms with Gasteiger partial charge in [-0.3, -0.25) is 4.98 Å². The van der Waals surface area contributed by atoms with Crippen LogP contribution in [0.25, 0.3) is 0 Å². The van der Waals surface area contributed by atoms with Crippen LogP contribution < -0.4 is 5.32 Å². The fourth-order valence-corrected chi connectivity index (χ4v) is 1.98. The van der Waals surface area contributed by atoms with Crippen molar-refractivity contribution in [2.75, 3.05) is 14.2 Å². The first kappa shape index (κ1) is 13.1. The summed E-state index contributed by atoms with van der Waals surface area (Å²) in [5.41, 5.74) is 2.21. The zero-order chi connectivity index (χ0) is 12.1. The van der Waals surface area contributed by atoms with E-state index in [0.717, 1.165) is 5.69 Å². The van der Waals surface area contributed by atoms with Gasteiger partial charge in [0, 0.05) is 19.0 Å². The maximum absolute atomic E-state index is 5.56. The summed E-state index contributed by atoms with van der Waals surface area (Å²) in [5, 5.41) is 3.31. The van der Waals surface area contributed by atoms with Crippen molar-refractivity contribution >= 4 is 0 Å². The number of ether oxygens (including phenoxy) is 1. The quantitative estimate of drug-likeness (QED) is 0.830. The highest BCUT2D eigenvalue weighted by atomic mass is 16.5. The summed E-state index contributed by atoms with van der Waals surface area (Å²) >= 11 is 0. The third-order valence-electron chi connectivity index (χ3n) is 2.86. The Morgan fingerprint density at radius 3 is 2.38 bits per heavy atom. The molecule has 90 valence electrons. The molecule has 0 bridgehead atoms. The van der Waals surface area contributed by atoms with Crippen molar-refractivity contribution < 1.29 is 4.74 Å². The van der Waals surface area contributed by atoms with Crippen molar-refractivity contribution in [1.82, 2.24) is 10.3 Å². The van der Waals surface area contributed by atoms with Gasteiger partial charge in [0.25, 0.3) is 0 Å². The molecule has 2 atom stereocenters. The summed E-state index contributed by atoms with van der Waals surface area (Å²) < 4.78 is 5.56. The molecule has 0 saturated heterocycles. The van der Waals surface area contributed by atoms with E-state index in [9.17, 15) is 0 Å². The minimum atomic E-state index is 0.162. The van der Waals surface area contributed by atoms with Crippen LogP contribution in [0, 0.1) is 12.8 Å². The molecule has 0 amide bonds. The maximum atomic E-state index is 5.56. The topological polar surface area (TPSA) is 34.2 Å². The van der Waals surface area contributed by atoms with Crippen molar-refractivity contribution in [2.45, 2.75) is 32.9 Å². The molecule has 0 spiro atoms. The normalized spacial score (nSPS) is 15.1. The Labute approximate surface area is 98.2 Å². The third kappa shape index (κ3) is 3.03. The van der Waals surface area contributed by atoms with E-state index in [1.165, 1.54) is 5.56 Å². The van der Waals surface area contributed by atoms with Gasteiger partial charge in [0.05, 0.1) is 12.1 Å². The predicted octanol–water partition coefficient (Wildman–Crippen LogP) is 2.32. The molecule has 0 aliphatic carbocycles. The van der Waals surface area contributed by atoms with Gasteiger partial charge >= 0.3 is 0 Å². The molecular formula is C13H22N2O. The molecule has 0 aromatic carbocycles. The number of aromatic nitrogens is 1. The van der Waals surface area contributed by atoms with Crippen molar-refractivity contribution in [3.05, 3.63) is 29.6 Å². The number of hydrogen-bond acceptors (Lipinski definition) is 3. The van der Waals surface area contributed by atoms with Gasteiger partial charge in [-0.05, 0) is 31.5 Å². The minimum absolute atomic E-state index is 0.162. The van der Waals surface area contributed by atoms with Crippen LogP contribution >= 0.6 is 0 Å². The first-order valence-corrected chi connectivity index (χ1v) is 5.72. The smallest absolute Gasteiger partial charge is 0.0789 e. The van der Waals surface area contributed by atoms with Crippen LogP contribution in [0.2, 0.25) is 0 Å². The zero-order valence-corrected chi connectivity index (χ0v) is 10.8. The molecule has 2 unspecified atom stereocenters. The number of nitrogens with zero attached hydrogens (tertiary/aromatic N) is 1. The largest absolute Gasteiger partial charge is 0.379 e. The molecule has 1 rings (SSSR count). The van der Waals surface area contributed by atoms with Gasteiger partial charge in [-0.2, -0.15) is 0 Å². The van der Waals surface area contributed by atoms with Gasteiger partial charge < -0.3 is 10.1 Å². The standard InChI is InChI=1S/C13H22N2O/c1-9(2)13(16-5)12(14-4)11-7-6-10(3)15-8-11/h6-9,12-14H,1-5H3. The van der Waals surface area contributed by atoms with Gasteiger partial charge in [-0.15, -0.1) is 0 Å². The number of rotatable bonds is 5. The minimum Gasteiger partial charge on any atom is -0.379 e. The lowest BCUT2D eigenvalue weighted by Crippen LogP contribution is -2.34. The Bertz CT molecular complexity index is 308. The van der Waals surface area contributed by atoms with Crippen LogP contribution in [0.15, 0.2) is 18.3 Å². The second-order valence-corrected chi connectivity index (χ2v) is 4.44. The molecule has 0 saturated carbocycles. The molecular weight excluding hydrogens is 200 g/mol. The van der Waals surface area contributed by atoms with Crippen molar-refractivity contribution in [3.63, 3.8) is 0 Å². The molecule has 0 aliphatic rings. The average Bonchev–Trinajstić information content (AvgIpc) is 2.26. The molecule has 0 aliphatic heterocycles. The van der Waals surface area contributed by atoms with Crippen molar-refractivity contribution in [3.8, 4) is 0 Å². The van der Waals surface area contributed by atoms with E-state index in [0.29, 0.717) is 5.92 Å². The van der Waals surface area contributed by atoms with Crippen LogP contribution in [0.4, 0.5) is 0 Å². The van der Waals surface area contributed by atoms with Crippen LogP contribution in [0.1, 0.15) is 31.1 Å². The van der Waals surface area contributed by atoms with E-state index in [-0.39, 0.29) is 12.1 Å². The van der Waals surface area contributed by atoms with E-state index >= 15 is 0 Å². The molecule has 1 heterocycles. The van der Waals surface area contributed by atoms with Crippen LogP contribution in [-0.2, 0) is 4.74 Å². The van der Waals surface area contributed by atoms with E-state index in [2.05, 4.69) is 30.2 Å². The summed E-state index contributed by atoms with van der Waals surface area (Å²) in [4.78, 5) is 4.33. The van der Waals surface area contributed by atoms with E-state index in [1.54, 1.807) is 7.11 Å². The van der Waals surface area contributed by atoms with Crippen molar-refractivity contribution in [1.29, 1.82) is 0 Å². The van der Waals surface area contributed by atoms with Crippen LogP contribution in [0.3, 0.4) is 0 Å². The first-order valence-electron chi connectivity index (χ1n) is 5.72. The monoisotopic (exact) mass is 222 g/mol. The number of likely N-dealkylation sites (N-methyl/N-ethyl adjacent to an activating group) is 1. The molecule has 0 radical (unpaired) electrons. The van der Waals surface area contributed by atoms with Gasteiger partial charge in [0.2, 0.25) is 0 Å². The summed E-state index contributed by atoms with van der Waals surface area (Å²) in [5.74, 6) is 0.462. The summed E-state index contributed by atoms with van der Waals surface area (Å²) in [6.45, 7) is 6.33.